The van der Waals surface area contributed by atoms with E-state index in [9.17, 15) is 9.18 Å². The fourth-order valence-corrected chi connectivity index (χ4v) is 2.69. The van der Waals surface area contributed by atoms with Crippen LogP contribution in [0.5, 0.6) is 0 Å². The van der Waals surface area contributed by atoms with Crippen LogP contribution in [0.1, 0.15) is 24.1 Å². The largest absolute Gasteiger partial charge is 0.324 e. The van der Waals surface area contributed by atoms with E-state index in [1.165, 1.54) is 30.1 Å². The fourth-order valence-electron chi connectivity index (χ4n) is 1.62. The highest BCUT2D eigenvalue weighted by molar-refractivity contribution is 7.99. The van der Waals surface area contributed by atoms with Gasteiger partial charge in [0.05, 0.1) is 0 Å². The summed E-state index contributed by atoms with van der Waals surface area (Å²) in [5.41, 5.74) is 6.85. The zero-order valence-electron chi connectivity index (χ0n) is 10.6. The van der Waals surface area contributed by atoms with Crippen LogP contribution in [0.15, 0.2) is 39.2 Å². The number of halogens is 1. The minimum absolute atomic E-state index is 0.223. The zero-order valence-corrected chi connectivity index (χ0v) is 11.4. The first-order valence-corrected chi connectivity index (χ1v) is 6.58. The minimum atomic E-state index is -0.298. The van der Waals surface area contributed by atoms with Gasteiger partial charge in [0.15, 0.2) is 5.16 Å². The summed E-state index contributed by atoms with van der Waals surface area (Å²) in [5.74, 6) is -0.286. The summed E-state index contributed by atoms with van der Waals surface area (Å²) in [4.78, 5) is 18.7. The lowest BCUT2D eigenvalue weighted by atomic mass is 10.1. The lowest BCUT2D eigenvalue weighted by Gasteiger charge is -2.13. The van der Waals surface area contributed by atoms with Crippen LogP contribution in [0.4, 0.5) is 4.39 Å². The van der Waals surface area contributed by atoms with Crippen molar-refractivity contribution in [3.05, 3.63) is 51.7 Å². The summed E-state index contributed by atoms with van der Waals surface area (Å²) in [7, 11) is 0. The van der Waals surface area contributed by atoms with E-state index in [0.717, 1.165) is 4.90 Å². The third-order valence-corrected chi connectivity index (χ3v) is 3.61. The number of nitrogens with two attached hydrogens (primary N) is 1. The normalized spacial score (nSPS) is 12.4. The molecule has 0 radical (unpaired) electrons. The number of H-pyrrole nitrogens is 1. The third-order valence-electron chi connectivity index (χ3n) is 2.64. The van der Waals surface area contributed by atoms with Crippen LogP contribution in [0.3, 0.4) is 0 Å². The molecule has 4 nitrogen and oxygen atoms in total. The molecule has 0 bridgehead atoms. The Labute approximate surface area is 114 Å². The van der Waals surface area contributed by atoms with Gasteiger partial charge >= 0.3 is 0 Å². The Kier molecular flexibility index (Phi) is 4.01. The molecule has 0 aliphatic rings. The summed E-state index contributed by atoms with van der Waals surface area (Å²) < 4.78 is 13.6. The molecule has 0 unspecified atom stereocenters. The molecular formula is C13H14FN3OS. The molecule has 0 aliphatic carbocycles. The van der Waals surface area contributed by atoms with E-state index >= 15 is 0 Å². The highest BCUT2D eigenvalue weighted by Crippen LogP contribution is 2.32. The van der Waals surface area contributed by atoms with E-state index in [1.807, 2.05) is 0 Å². The van der Waals surface area contributed by atoms with E-state index in [2.05, 4.69) is 9.97 Å². The first-order chi connectivity index (χ1) is 8.97. The van der Waals surface area contributed by atoms with Gasteiger partial charge in [-0.15, -0.1) is 0 Å². The van der Waals surface area contributed by atoms with E-state index in [4.69, 9.17) is 5.73 Å². The molecular weight excluding hydrogens is 265 g/mol. The van der Waals surface area contributed by atoms with Crippen LogP contribution >= 0.6 is 11.8 Å². The Morgan fingerprint density at radius 3 is 2.84 bits per heavy atom. The molecule has 19 heavy (non-hydrogen) atoms. The molecule has 1 aromatic carbocycles. The first kappa shape index (κ1) is 13.8. The smallest absolute Gasteiger partial charge is 0.251 e. The number of nitrogens with one attached hydrogen (secondary N) is 1. The quantitative estimate of drug-likeness (QED) is 0.846. The number of hydrogen-bond donors (Lipinski definition) is 2. The van der Waals surface area contributed by atoms with Crippen LogP contribution < -0.4 is 11.3 Å². The van der Waals surface area contributed by atoms with Crippen molar-refractivity contribution in [2.24, 2.45) is 5.73 Å². The molecule has 0 saturated carbocycles. The van der Waals surface area contributed by atoms with Gasteiger partial charge in [0.25, 0.3) is 5.56 Å². The van der Waals surface area contributed by atoms with Gasteiger partial charge < -0.3 is 10.7 Å². The average Bonchev–Trinajstić information content (AvgIpc) is 2.33. The van der Waals surface area contributed by atoms with Crippen LogP contribution in [-0.4, -0.2) is 9.97 Å². The highest BCUT2D eigenvalue weighted by Gasteiger charge is 2.13. The number of nitrogens with zero attached hydrogens (tertiary/aromatic N) is 1. The Bertz CT molecular complexity index is 655. The minimum Gasteiger partial charge on any atom is -0.324 e. The van der Waals surface area contributed by atoms with Crippen LogP contribution in [-0.2, 0) is 0 Å². The molecule has 1 atom stereocenters. The number of rotatable bonds is 3. The second-order valence-electron chi connectivity index (χ2n) is 4.27. The number of hydrogen-bond acceptors (Lipinski definition) is 4. The standard InChI is InChI=1S/C13H14FN3OS/c1-7-5-11(9(8(2)15)6-10(7)14)19-13-16-4-3-12(18)17-13/h3-6,8H,15H2,1-2H3,(H,16,17,18)/t8-/m1/s1. The van der Waals surface area contributed by atoms with E-state index in [1.54, 1.807) is 19.9 Å². The maximum Gasteiger partial charge on any atom is 0.251 e. The lowest BCUT2D eigenvalue weighted by molar-refractivity contribution is 0.610. The van der Waals surface area contributed by atoms with Crippen molar-refractivity contribution in [1.82, 2.24) is 9.97 Å². The predicted molar refractivity (Wildman–Crippen MR) is 72.7 cm³/mol. The van der Waals surface area contributed by atoms with Gasteiger partial charge in [-0.3, -0.25) is 4.79 Å². The fraction of sp³-hybridized carbons (Fsp3) is 0.231. The molecule has 100 valence electrons. The Morgan fingerprint density at radius 2 is 2.21 bits per heavy atom. The monoisotopic (exact) mass is 279 g/mol. The van der Waals surface area contributed by atoms with Crippen molar-refractivity contribution in [3.63, 3.8) is 0 Å². The van der Waals surface area contributed by atoms with Crippen molar-refractivity contribution in [2.45, 2.75) is 29.9 Å². The average molecular weight is 279 g/mol. The Morgan fingerprint density at radius 1 is 1.47 bits per heavy atom. The molecule has 0 aliphatic heterocycles. The molecule has 0 saturated heterocycles. The number of aromatic amines is 1. The van der Waals surface area contributed by atoms with Gasteiger partial charge in [0.2, 0.25) is 0 Å². The zero-order chi connectivity index (χ0) is 14.0. The molecule has 0 fully saturated rings. The van der Waals surface area contributed by atoms with Gasteiger partial charge in [-0.25, -0.2) is 9.37 Å². The van der Waals surface area contributed by atoms with Crippen molar-refractivity contribution in [2.75, 3.05) is 0 Å². The molecule has 0 amide bonds. The van der Waals surface area contributed by atoms with Crippen LogP contribution in [0, 0.1) is 12.7 Å². The topological polar surface area (TPSA) is 71.8 Å². The number of benzene rings is 1. The van der Waals surface area contributed by atoms with Crippen molar-refractivity contribution >= 4 is 11.8 Å². The molecule has 3 N–H and O–H groups in total. The molecule has 0 spiro atoms. The molecule has 2 aromatic rings. The number of aryl methyl sites for hydroxylation is 1. The molecule has 1 aromatic heterocycles. The SMILES string of the molecule is Cc1cc(Sc2nccc(=O)[nH]2)c([C@@H](C)N)cc1F. The van der Waals surface area contributed by atoms with Crippen LogP contribution in [0.25, 0.3) is 0 Å². The molecule has 6 heteroatoms. The summed E-state index contributed by atoms with van der Waals surface area (Å²) >= 11 is 1.27. The second-order valence-corrected chi connectivity index (χ2v) is 5.30. The maximum absolute atomic E-state index is 13.6. The predicted octanol–water partition coefficient (Wildman–Crippen LogP) is 2.39. The Hall–Kier alpha value is -1.66. The Balaban J connectivity index is 2.44. The van der Waals surface area contributed by atoms with Crippen molar-refractivity contribution in [3.8, 4) is 0 Å². The summed E-state index contributed by atoms with van der Waals surface area (Å²) in [6.07, 6.45) is 1.43. The van der Waals surface area contributed by atoms with E-state index in [0.29, 0.717) is 16.3 Å². The van der Waals surface area contributed by atoms with E-state index < -0.39 is 0 Å². The van der Waals surface area contributed by atoms with Gasteiger partial charge in [0.1, 0.15) is 5.82 Å². The third kappa shape index (κ3) is 3.21. The number of aromatic nitrogens is 2. The van der Waals surface area contributed by atoms with Gasteiger partial charge in [0, 0.05) is 23.2 Å². The summed E-state index contributed by atoms with van der Waals surface area (Å²) in [6, 6.07) is 4.19. The summed E-state index contributed by atoms with van der Waals surface area (Å²) in [5, 5.41) is 0.459. The summed E-state index contributed by atoms with van der Waals surface area (Å²) in [6.45, 7) is 3.47. The molecule has 1 heterocycles. The second kappa shape index (κ2) is 5.54. The lowest BCUT2D eigenvalue weighted by Crippen LogP contribution is -2.09. The van der Waals surface area contributed by atoms with Crippen molar-refractivity contribution in [1.29, 1.82) is 0 Å². The van der Waals surface area contributed by atoms with Gasteiger partial charge in [-0.1, -0.05) is 11.8 Å². The first-order valence-electron chi connectivity index (χ1n) is 5.76. The highest BCUT2D eigenvalue weighted by atomic mass is 32.2. The maximum atomic E-state index is 13.6. The molecule has 2 rings (SSSR count). The van der Waals surface area contributed by atoms with Crippen LogP contribution in [0.2, 0.25) is 0 Å². The van der Waals surface area contributed by atoms with Gasteiger partial charge in [-0.2, -0.15) is 0 Å². The van der Waals surface area contributed by atoms with E-state index in [-0.39, 0.29) is 17.4 Å². The van der Waals surface area contributed by atoms with Crippen molar-refractivity contribution < 1.29 is 4.39 Å². The van der Waals surface area contributed by atoms with Gasteiger partial charge in [-0.05, 0) is 37.1 Å².